The highest BCUT2D eigenvalue weighted by molar-refractivity contribution is 9.09. The molecule has 1 saturated heterocycles. The van der Waals surface area contributed by atoms with E-state index in [0.29, 0.717) is 26.4 Å². The molecule has 0 aliphatic carbocycles. The topological polar surface area (TPSA) is 47.6 Å². The van der Waals surface area contributed by atoms with Crippen molar-refractivity contribution in [1.29, 1.82) is 0 Å². The number of hydrogen-bond acceptors (Lipinski definition) is 3. The minimum Gasteiger partial charge on any atom is -0.376 e. The summed E-state index contributed by atoms with van der Waals surface area (Å²) < 4.78 is 10.3. The average Bonchev–Trinajstić information content (AvgIpc) is 2.15. The van der Waals surface area contributed by atoms with Crippen LogP contribution in [0.5, 0.6) is 0 Å². The fraction of sp³-hybridized carbons (Fsp3) is 0.857. The van der Waals surface area contributed by atoms with Crippen LogP contribution in [0, 0.1) is 0 Å². The lowest BCUT2D eigenvalue weighted by Gasteiger charge is -2.21. The zero-order valence-electron chi connectivity index (χ0n) is 6.72. The van der Waals surface area contributed by atoms with Gasteiger partial charge in [-0.15, -0.1) is 0 Å². The summed E-state index contributed by atoms with van der Waals surface area (Å²) >= 11 is 3.22. The van der Waals surface area contributed by atoms with Gasteiger partial charge < -0.3 is 14.8 Å². The van der Waals surface area contributed by atoms with Crippen molar-refractivity contribution in [2.24, 2.45) is 0 Å². The minimum absolute atomic E-state index is 0.0887. The van der Waals surface area contributed by atoms with Crippen molar-refractivity contribution in [2.75, 3.05) is 31.7 Å². The van der Waals surface area contributed by atoms with E-state index in [1.54, 1.807) is 0 Å². The first kappa shape index (κ1) is 9.95. The van der Waals surface area contributed by atoms with E-state index >= 15 is 0 Å². The second-order valence-electron chi connectivity index (χ2n) is 2.41. The lowest BCUT2D eigenvalue weighted by molar-refractivity contribution is -0.147. The smallest absolute Gasteiger partial charge is 0.251 e. The van der Waals surface area contributed by atoms with Gasteiger partial charge in [0.25, 0.3) is 5.91 Å². The number of alkyl halides is 1. The van der Waals surface area contributed by atoms with E-state index < -0.39 is 6.10 Å². The molecule has 0 aromatic rings. The number of amides is 1. The van der Waals surface area contributed by atoms with Crippen LogP contribution in [0.4, 0.5) is 0 Å². The molecule has 1 aliphatic heterocycles. The van der Waals surface area contributed by atoms with Crippen LogP contribution in [0.3, 0.4) is 0 Å². The molecule has 1 N–H and O–H groups in total. The Balaban J connectivity index is 2.20. The Morgan fingerprint density at radius 2 is 2.42 bits per heavy atom. The summed E-state index contributed by atoms with van der Waals surface area (Å²) in [5.74, 6) is -0.0887. The monoisotopic (exact) mass is 237 g/mol. The standard InChI is InChI=1S/C7H12BrNO3/c8-1-2-9-7(10)6-5-11-3-4-12-6/h6H,1-5H2,(H,9,10). The molecule has 0 bridgehead atoms. The lowest BCUT2D eigenvalue weighted by Crippen LogP contribution is -2.43. The Hall–Kier alpha value is -0.130. The van der Waals surface area contributed by atoms with Gasteiger partial charge in [-0.1, -0.05) is 15.9 Å². The molecule has 0 aromatic carbocycles. The minimum atomic E-state index is -0.419. The first-order valence-electron chi connectivity index (χ1n) is 3.87. The predicted molar refractivity (Wildman–Crippen MR) is 47.4 cm³/mol. The van der Waals surface area contributed by atoms with Gasteiger partial charge in [-0.2, -0.15) is 0 Å². The van der Waals surface area contributed by atoms with Gasteiger partial charge in [0.05, 0.1) is 19.8 Å². The average molecular weight is 238 g/mol. The van der Waals surface area contributed by atoms with Crippen molar-refractivity contribution < 1.29 is 14.3 Å². The molecule has 1 amide bonds. The molecular formula is C7H12BrNO3. The molecule has 0 spiro atoms. The number of carbonyl (C=O) groups excluding carboxylic acids is 1. The molecule has 1 atom stereocenters. The second kappa shape index (κ2) is 5.50. The summed E-state index contributed by atoms with van der Waals surface area (Å²) in [7, 11) is 0. The van der Waals surface area contributed by atoms with Gasteiger partial charge in [-0.05, 0) is 0 Å². The van der Waals surface area contributed by atoms with Crippen LogP contribution in [0.15, 0.2) is 0 Å². The third-order valence-corrected chi connectivity index (χ3v) is 1.90. The van der Waals surface area contributed by atoms with Gasteiger partial charge >= 0.3 is 0 Å². The lowest BCUT2D eigenvalue weighted by atomic mass is 10.3. The predicted octanol–water partition coefficient (Wildman–Crippen LogP) is -0.0871. The molecule has 1 fully saturated rings. The number of halogens is 1. The molecule has 5 heteroatoms. The van der Waals surface area contributed by atoms with Crippen molar-refractivity contribution in [3.8, 4) is 0 Å². The molecule has 70 valence electrons. The van der Waals surface area contributed by atoms with Gasteiger partial charge in [-0.3, -0.25) is 4.79 Å². The van der Waals surface area contributed by atoms with Crippen LogP contribution >= 0.6 is 15.9 Å². The fourth-order valence-electron chi connectivity index (χ4n) is 0.923. The summed E-state index contributed by atoms with van der Waals surface area (Å²) in [6, 6.07) is 0. The van der Waals surface area contributed by atoms with E-state index in [-0.39, 0.29) is 5.91 Å². The summed E-state index contributed by atoms with van der Waals surface area (Å²) in [4.78, 5) is 11.2. The van der Waals surface area contributed by atoms with E-state index in [0.717, 1.165) is 5.33 Å². The van der Waals surface area contributed by atoms with Gasteiger partial charge in [0.2, 0.25) is 0 Å². The highest BCUT2D eigenvalue weighted by atomic mass is 79.9. The third-order valence-electron chi connectivity index (χ3n) is 1.50. The second-order valence-corrected chi connectivity index (χ2v) is 3.21. The quantitative estimate of drug-likeness (QED) is 0.699. The van der Waals surface area contributed by atoms with Crippen LogP contribution < -0.4 is 5.32 Å². The van der Waals surface area contributed by atoms with Gasteiger partial charge in [-0.25, -0.2) is 0 Å². The van der Waals surface area contributed by atoms with Crippen molar-refractivity contribution in [3.05, 3.63) is 0 Å². The van der Waals surface area contributed by atoms with Crippen molar-refractivity contribution >= 4 is 21.8 Å². The number of carbonyl (C=O) groups is 1. The Labute approximate surface area is 79.7 Å². The van der Waals surface area contributed by atoms with Crippen LogP contribution in [-0.4, -0.2) is 43.7 Å². The Morgan fingerprint density at radius 1 is 1.58 bits per heavy atom. The summed E-state index contributed by atoms with van der Waals surface area (Å²) in [6.07, 6.45) is -0.419. The van der Waals surface area contributed by atoms with E-state index in [2.05, 4.69) is 21.2 Å². The summed E-state index contributed by atoms with van der Waals surface area (Å²) in [6.45, 7) is 2.08. The SMILES string of the molecule is O=C(NCCBr)C1COCCO1. The molecule has 1 heterocycles. The Kier molecular flexibility index (Phi) is 4.57. The maximum absolute atomic E-state index is 11.2. The summed E-state index contributed by atoms with van der Waals surface area (Å²) in [5.41, 5.74) is 0. The van der Waals surface area contributed by atoms with Crippen LogP contribution in [-0.2, 0) is 14.3 Å². The normalized spacial score (nSPS) is 23.6. The van der Waals surface area contributed by atoms with Gasteiger partial charge in [0.15, 0.2) is 6.10 Å². The molecule has 1 aliphatic rings. The van der Waals surface area contributed by atoms with E-state index in [1.807, 2.05) is 0 Å². The zero-order valence-corrected chi connectivity index (χ0v) is 8.30. The molecule has 1 rings (SSSR count). The molecule has 1 unspecified atom stereocenters. The van der Waals surface area contributed by atoms with Crippen molar-refractivity contribution in [2.45, 2.75) is 6.10 Å². The molecule has 4 nitrogen and oxygen atoms in total. The largest absolute Gasteiger partial charge is 0.376 e. The third kappa shape index (κ3) is 3.08. The maximum atomic E-state index is 11.2. The molecule has 0 radical (unpaired) electrons. The first-order chi connectivity index (χ1) is 5.84. The number of rotatable bonds is 3. The van der Waals surface area contributed by atoms with Crippen LogP contribution in [0.2, 0.25) is 0 Å². The Bertz CT molecular complexity index is 148. The fourth-order valence-corrected chi connectivity index (χ4v) is 1.12. The van der Waals surface area contributed by atoms with E-state index in [1.165, 1.54) is 0 Å². The van der Waals surface area contributed by atoms with E-state index in [4.69, 9.17) is 9.47 Å². The van der Waals surface area contributed by atoms with Crippen LogP contribution in [0.25, 0.3) is 0 Å². The molecule has 0 saturated carbocycles. The molecule has 12 heavy (non-hydrogen) atoms. The molecule has 0 aromatic heterocycles. The van der Waals surface area contributed by atoms with Crippen molar-refractivity contribution in [3.63, 3.8) is 0 Å². The summed E-state index contributed by atoms with van der Waals surface area (Å²) in [5, 5.41) is 3.47. The van der Waals surface area contributed by atoms with Crippen molar-refractivity contribution in [1.82, 2.24) is 5.32 Å². The number of nitrogens with one attached hydrogen (secondary N) is 1. The van der Waals surface area contributed by atoms with Gasteiger partial charge in [0, 0.05) is 11.9 Å². The highest BCUT2D eigenvalue weighted by Crippen LogP contribution is 1.99. The number of hydrogen-bond donors (Lipinski definition) is 1. The number of ether oxygens (including phenoxy) is 2. The van der Waals surface area contributed by atoms with E-state index in [9.17, 15) is 4.79 Å². The molecular weight excluding hydrogens is 226 g/mol. The maximum Gasteiger partial charge on any atom is 0.251 e. The highest BCUT2D eigenvalue weighted by Gasteiger charge is 2.21. The van der Waals surface area contributed by atoms with Gasteiger partial charge in [0.1, 0.15) is 0 Å². The Morgan fingerprint density at radius 3 is 3.00 bits per heavy atom. The first-order valence-corrected chi connectivity index (χ1v) is 5.00. The zero-order chi connectivity index (χ0) is 8.81. The van der Waals surface area contributed by atoms with Crippen LogP contribution in [0.1, 0.15) is 0 Å².